The molecular weight excluding hydrogens is 378 g/mol. The maximum Gasteiger partial charge on any atom is 0.410 e. The number of nitrogens with one attached hydrogen (secondary N) is 1. The molecule has 2 aromatic rings. The molecule has 0 spiro atoms. The van der Waals surface area contributed by atoms with Crippen molar-refractivity contribution in [2.45, 2.75) is 58.1 Å². The summed E-state index contributed by atoms with van der Waals surface area (Å²) in [5.41, 5.74) is 1.39. The van der Waals surface area contributed by atoms with Crippen LogP contribution < -0.4 is 5.32 Å². The lowest BCUT2D eigenvalue weighted by atomic mass is 10.0. The average Bonchev–Trinajstić information content (AvgIpc) is 3.21. The van der Waals surface area contributed by atoms with Crippen LogP contribution in [0.5, 0.6) is 0 Å². The fourth-order valence-corrected chi connectivity index (χ4v) is 3.79. The van der Waals surface area contributed by atoms with Crippen molar-refractivity contribution in [2.24, 2.45) is 0 Å². The Morgan fingerprint density at radius 3 is 2.40 bits per heavy atom. The normalized spacial score (nSPS) is 16.2. The van der Waals surface area contributed by atoms with Gasteiger partial charge in [0, 0.05) is 31.9 Å². The van der Waals surface area contributed by atoms with Crippen LogP contribution in [0.1, 0.15) is 68.5 Å². The third-order valence-electron chi connectivity index (χ3n) is 5.46. The summed E-state index contributed by atoms with van der Waals surface area (Å²) in [4.78, 5) is 26.9. The Balaban J connectivity index is 1.55. The van der Waals surface area contributed by atoms with Crippen LogP contribution in [0, 0.1) is 0 Å². The number of hydrogen-bond acceptors (Lipinski definition) is 3. The largest absolute Gasteiger partial charge is 0.444 e. The molecule has 1 unspecified atom stereocenters. The summed E-state index contributed by atoms with van der Waals surface area (Å²) in [6.07, 6.45) is 3.30. The predicted octanol–water partition coefficient (Wildman–Crippen LogP) is 4.59. The van der Waals surface area contributed by atoms with E-state index in [2.05, 4.69) is 28.9 Å². The van der Waals surface area contributed by atoms with E-state index in [1.807, 2.05) is 57.3 Å². The minimum Gasteiger partial charge on any atom is -0.444 e. The van der Waals surface area contributed by atoms with Gasteiger partial charge >= 0.3 is 6.09 Å². The Kier molecular flexibility index (Phi) is 6.85. The van der Waals surface area contributed by atoms with Crippen molar-refractivity contribution in [1.82, 2.24) is 14.8 Å². The summed E-state index contributed by atoms with van der Waals surface area (Å²) in [5.74, 6) is 0.188. The van der Waals surface area contributed by atoms with E-state index >= 15 is 0 Å². The molecule has 1 aliphatic rings. The molecule has 1 aliphatic heterocycles. The molecule has 1 saturated heterocycles. The summed E-state index contributed by atoms with van der Waals surface area (Å²) < 4.78 is 7.52. The van der Waals surface area contributed by atoms with Crippen molar-refractivity contribution in [3.63, 3.8) is 0 Å². The number of carbonyl (C=O) groups excluding carboxylic acids is 2. The molecule has 3 rings (SSSR count). The zero-order valence-electron chi connectivity index (χ0n) is 18.4. The molecule has 162 valence electrons. The second-order valence-electron chi connectivity index (χ2n) is 9.02. The first kappa shape index (κ1) is 21.9. The lowest BCUT2D eigenvalue weighted by molar-refractivity contribution is 0.0187. The summed E-state index contributed by atoms with van der Waals surface area (Å²) in [6.45, 7) is 9.59. The van der Waals surface area contributed by atoms with Crippen molar-refractivity contribution >= 4 is 12.0 Å². The number of piperidine rings is 1. The van der Waals surface area contributed by atoms with E-state index in [1.54, 1.807) is 4.90 Å². The molecule has 1 N–H and O–H groups in total. The van der Waals surface area contributed by atoms with Gasteiger partial charge in [-0.3, -0.25) is 4.79 Å². The number of carbonyl (C=O) groups is 2. The van der Waals surface area contributed by atoms with E-state index in [4.69, 9.17) is 4.74 Å². The monoisotopic (exact) mass is 411 g/mol. The molecule has 0 saturated carbocycles. The molecule has 1 aromatic heterocycles. The maximum atomic E-state index is 12.8. The van der Waals surface area contributed by atoms with Crippen LogP contribution in [0.15, 0.2) is 48.7 Å². The highest BCUT2D eigenvalue weighted by atomic mass is 16.6. The van der Waals surface area contributed by atoms with E-state index in [-0.39, 0.29) is 24.0 Å². The van der Waals surface area contributed by atoms with Gasteiger partial charge in [-0.1, -0.05) is 37.3 Å². The van der Waals surface area contributed by atoms with Gasteiger partial charge in [0.1, 0.15) is 11.3 Å². The third kappa shape index (κ3) is 5.65. The number of hydrogen-bond donors (Lipinski definition) is 1. The molecule has 0 aliphatic carbocycles. The van der Waals surface area contributed by atoms with Gasteiger partial charge in [0.25, 0.3) is 5.91 Å². The minimum atomic E-state index is -0.490. The highest BCUT2D eigenvalue weighted by Crippen LogP contribution is 2.26. The van der Waals surface area contributed by atoms with Crippen LogP contribution in [0.3, 0.4) is 0 Å². The zero-order chi connectivity index (χ0) is 21.7. The van der Waals surface area contributed by atoms with Gasteiger partial charge in [0.15, 0.2) is 0 Å². The van der Waals surface area contributed by atoms with Crippen molar-refractivity contribution < 1.29 is 14.3 Å². The molecule has 2 heterocycles. The summed E-state index contributed by atoms with van der Waals surface area (Å²) in [7, 11) is 0. The fraction of sp³-hybridized carbons (Fsp3) is 0.500. The topological polar surface area (TPSA) is 63.6 Å². The first-order chi connectivity index (χ1) is 14.2. The molecule has 0 radical (unpaired) electrons. The third-order valence-corrected chi connectivity index (χ3v) is 5.46. The molecule has 6 nitrogen and oxygen atoms in total. The van der Waals surface area contributed by atoms with Gasteiger partial charge in [-0.15, -0.1) is 0 Å². The Morgan fingerprint density at radius 1 is 1.10 bits per heavy atom. The van der Waals surface area contributed by atoms with Crippen LogP contribution in [0.4, 0.5) is 4.79 Å². The first-order valence-corrected chi connectivity index (χ1v) is 10.7. The first-order valence-electron chi connectivity index (χ1n) is 10.7. The number of likely N-dealkylation sites (tertiary alicyclic amines) is 1. The molecule has 6 heteroatoms. The summed E-state index contributed by atoms with van der Waals surface area (Å²) in [6, 6.07) is 14.2. The average molecular weight is 412 g/mol. The number of rotatable bonds is 5. The fourth-order valence-electron chi connectivity index (χ4n) is 3.79. The summed E-state index contributed by atoms with van der Waals surface area (Å²) >= 11 is 0. The Labute approximate surface area is 179 Å². The van der Waals surface area contributed by atoms with Crippen molar-refractivity contribution in [2.75, 3.05) is 19.6 Å². The van der Waals surface area contributed by atoms with E-state index in [9.17, 15) is 9.59 Å². The molecule has 30 heavy (non-hydrogen) atoms. The Morgan fingerprint density at radius 2 is 1.77 bits per heavy atom. The molecule has 2 amide bonds. The molecule has 1 fully saturated rings. The number of nitrogens with zero attached hydrogens (tertiary/aromatic N) is 2. The quantitative estimate of drug-likeness (QED) is 0.782. The predicted molar refractivity (Wildman–Crippen MR) is 118 cm³/mol. The second kappa shape index (κ2) is 9.37. The smallest absolute Gasteiger partial charge is 0.410 e. The van der Waals surface area contributed by atoms with Crippen molar-refractivity contribution in [1.29, 1.82) is 0 Å². The lowest BCUT2D eigenvalue weighted by Crippen LogP contribution is -2.42. The van der Waals surface area contributed by atoms with E-state index in [0.717, 1.165) is 12.8 Å². The van der Waals surface area contributed by atoms with Gasteiger partial charge in [-0.2, -0.15) is 0 Å². The van der Waals surface area contributed by atoms with Crippen LogP contribution >= 0.6 is 0 Å². The van der Waals surface area contributed by atoms with Gasteiger partial charge in [0.2, 0.25) is 0 Å². The number of ether oxygens (including phenoxy) is 1. The maximum absolute atomic E-state index is 12.8. The van der Waals surface area contributed by atoms with Crippen molar-refractivity contribution in [3.8, 4) is 0 Å². The Bertz CT molecular complexity index is 846. The van der Waals surface area contributed by atoms with Gasteiger partial charge in [0.05, 0.1) is 0 Å². The highest BCUT2D eigenvalue weighted by Gasteiger charge is 2.28. The number of aromatic nitrogens is 1. The molecule has 1 aromatic carbocycles. The van der Waals surface area contributed by atoms with Crippen LogP contribution in [-0.2, 0) is 4.74 Å². The highest BCUT2D eigenvalue weighted by molar-refractivity contribution is 5.92. The second-order valence-corrected chi connectivity index (χ2v) is 9.02. The van der Waals surface area contributed by atoms with Gasteiger partial charge in [-0.05, 0) is 57.2 Å². The molecule has 0 bridgehead atoms. The van der Waals surface area contributed by atoms with Crippen molar-refractivity contribution in [3.05, 3.63) is 59.9 Å². The Hall–Kier alpha value is -2.76. The minimum absolute atomic E-state index is 0.0580. The van der Waals surface area contributed by atoms with Gasteiger partial charge < -0.3 is 19.5 Å². The SMILES string of the molecule is CC(CNC(=O)c1cccn1C1CCN(C(=O)OC(C)(C)C)CC1)c1ccccc1. The van der Waals surface area contributed by atoms with Crippen LogP contribution in [-0.4, -0.2) is 46.7 Å². The van der Waals surface area contributed by atoms with Gasteiger partial charge in [-0.25, -0.2) is 4.79 Å². The zero-order valence-corrected chi connectivity index (χ0v) is 18.4. The lowest BCUT2D eigenvalue weighted by Gasteiger charge is -2.34. The van der Waals surface area contributed by atoms with Crippen LogP contribution in [0.2, 0.25) is 0 Å². The standard InChI is InChI=1S/C24H33N3O3/c1-18(19-9-6-5-7-10-19)17-25-22(28)21-11-8-14-27(21)20-12-15-26(16-13-20)23(29)30-24(2,3)4/h5-11,14,18,20H,12-13,15-17H2,1-4H3,(H,25,28). The molecule has 1 atom stereocenters. The summed E-state index contributed by atoms with van der Waals surface area (Å²) in [5, 5.41) is 3.07. The number of amides is 2. The van der Waals surface area contributed by atoms with E-state index in [1.165, 1.54) is 5.56 Å². The molecular formula is C24H33N3O3. The van der Waals surface area contributed by atoms with Crippen LogP contribution in [0.25, 0.3) is 0 Å². The van der Waals surface area contributed by atoms with E-state index in [0.29, 0.717) is 25.3 Å². The number of benzene rings is 1. The van der Waals surface area contributed by atoms with E-state index < -0.39 is 5.60 Å².